The van der Waals surface area contributed by atoms with E-state index in [4.69, 9.17) is 17.3 Å². The van der Waals surface area contributed by atoms with Crippen molar-refractivity contribution in [2.24, 2.45) is 5.92 Å². The number of hydrogen-bond acceptors (Lipinski definition) is 5. The molecule has 1 saturated heterocycles. The van der Waals surface area contributed by atoms with Gasteiger partial charge in [0.15, 0.2) is 0 Å². The zero-order valence-electron chi connectivity index (χ0n) is 15.7. The van der Waals surface area contributed by atoms with Gasteiger partial charge in [0.25, 0.3) is 0 Å². The van der Waals surface area contributed by atoms with Crippen molar-refractivity contribution in [1.82, 2.24) is 20.2 Å². The van der Waals surface area contributed by atoms with Crippen LogP contribution in [0.15, 0.2) is 0 Å². The lowest BCUT2D eigenvalue weighted by molar-refractivity contribution is -0.137. The molecule has 1 atom stereocenters. The smallest absolute Gasteiger partial charge is 0.244 e. The van der Waals surface area contributed by atoms with Crippen LogP contribution in [0.3, 0.4) is 0 Å². The monoisotopic (exact) mass is 381 g/mol. The number of piperidine rings is 1. The number of nitrogens with one attached hydrogen (secondary N) is 1. The van der Waals surface area contributed by atoms with Gasteiger partial charge in [0, 0.05) is 25.1 Å². The number of likely N-dealkylation sites (tertiary alicyclic amines) is 1. The third-order valence-corrected chi connectivity index (χ3v) is 5.21. The van der Waals surface area contributed by atoms with Crippen LogP contribution < -0.4 is 11.1 Å². The van der Waals surface area contributed by atoms with E-state index < -0.39 is 6.04 Å². The molecule has 0 aliphatic carbocycles. The van der Waals surface area contributed by atoms with E-state index in [2.05, 4.69) is 15.3 Å². The first-order chi connectivity index (χ1) is 12.3. The molecule has 26 heavy (non-hydrogen) atoms. The molecule has 0 bridgehead atoms. The zero-order valence-corrected chi connectivity index (χ0v) is 16.5. The van der Waals surface area contributed by atoms with E-state index in [9.17, 15) is 9.59 Å². The van der Waals surface area contributed by atoms with Crippen molar-refractivity contribution in [2.45, 2.75) is 58.9 Å². The molecule has 1 fully saturated rings. The number of nitrogens with zero attached hydrogens (tertiary/aromatic N) is 3. The molecule has 1 aromatic rings. The van der Waals surface area contributed by atoms with E-state index in [0.29, 0.717) is 42.2 Å². The topological polar surface area (TPSA) is 101 Å². The second kappa shape index (κ2) is 9.16. The fraction of sp³-hybridized carbons (Fsp3) is 0.667. The van der Waals surface area contributed by atoms with Crippen LogP contribution in [0.1, 0.15) is 50.9 Å². The maximum atomic E-state index is 12.4. The van der Waals surface area contributed by atoms with Gasteiger partial charge in [0.2, 0.25) is 11.8 Å². The number of halogens is 1. The fourth-order valence-corrected chi connectivity index (χ4v) is 3.60. The van der Waals surface area contributed by atoms with Crippen LogP contribution in [0.5, 0.6) is 0 Å². The number of aromatic nitrogens is 2. The van der Waals surface area contributed by atoms with Gasteiger partial charge in [0.1, 0.15) is 22.8 Å². The summed E-state index contributed by atoms with van der Waals surface area (Å²) in [5.74, 6) is 1.43. The van der Waals surface area contributed by atoms with E-state index in [1.807, 2.05) is 4.90 Å². The van der Waals surface area contributed by atoms with Crippen LogP contribution in [0, 0.1) is 12.8 Å². The van der Waals surface area contributed by atoms with Crippen LogP contribution in [-0.2, 0) is 16.0 Å². The van der Waals surface area contributed by atoms with Crippen molar-refractivity contribution >= 4 is 29.2 Å². The third kappa shape index (κ3) is 5.30. The van der Waals surface area contributed by atoms with Crippen LogP contribution >= 0.6 is 11.6 Å². The SMILES string of the molecule is CCC(=O)NC(C)C(=O)N1CCC(CCc2c(N)nc(C)nc2Cl)CC1. The van der Waals surface area contributed by atoms with Gasteiger partial charge in [-0.05, 0) is 45.4 Å². The first kappa shape index (κ1) is 20.4. The van der Waals surface area contributed by atoms with E-state index in [-0.39, 0.29) is 11.8 Å². The average molecular weight is 382 g/mol. The summed E-state index contributed by atoms with van der Waals surface area (Å²) in [4.78, 5) is 34.1. The summed E-state index contributed by atoms with van der Waals surface area (Å²) in [5, 5.41) is 3.16. The van der Waals surface area contributed by atoms with Gasteiger partial charge < -0.3 is 16.0 Å². The second-order valence-corrected chi connectivity index (χ2v) is 7.23. The summed E-state index contributed by atoms with van der Waals surface area (Å²) in [6.45, 7) is 6.70. The normalized spacial score (nSPS) is 16.4. The zero-order chi connectivity index (χ0) is 19.3. The van der Waals surface area contributed by atoms with E-state index in [1.165, 1.54) is 0 Å². The quantitative estimate of drug-likeness (QED) is 0.735. The number of nitrogens with two attached hydrogens (primary N) is 1. The molecule has 3 N–H and O–H groups in total. The molecule has 144 valence electrons. The maximum Gasteiger partial charge on any atom is 0.244 e. The molecule has 1 unspecified atom stereocenters. The van der Waals surface area contributed by atoms with Crippen LogP contribution in [-0.4, -0.2) is 45.8 Å². The Morgan fingerprint density at radius 1 is 1.35 bits per heavy atom. The molecule has 0 radical (unpaired) electrons. The first-order valence-corrected chi connectivity index (χ1v) is 9.56. The molecule has 1 aliphatic heterocycles. The van der Waals surface area contributed by atoms with Crippen LogP contribution in [0.25, 0.3) is 0 Å². The molecule has 0 saturated carbocycles. The van der Waals surface area contributed by atoms with Crippen molar-refractivity contribution in [3.05, 3.63) is 16.5 Å². The first-order valence-electron chi connectivity index (χ1n) is 9.18. The molecular formula is C18H28ClN5O2. The molecule has 1 aliphatic rings. The fourth-order valence-electron chi connectivity index (χ4n) is 3.28. The van der Waals surface area contributed by atoms with Crippen molar-refractivity contribution < 1.29 is 9.59 Å². The summed E-state index contributed by atoms with van der Waals surface area (Å²) < 4.78 is 0. The number of rotatable bonds is 6. The van der Waals surface area contributed by atoms with Crippen molar-refractivity contribution in [1.29, 1.82) is 0 Å². The Hall–Kier alpha value is -1.89. The number of nitrogen functional groups attached to an aromatic ring is 1. The standard InChI is InChI=1S/C18H28ClN5O2/c1-4-15(25)21-11(2)18(26)24-9-7-13(8-10-24)5-6-14-16(19)22-12(3)23-17(14)20/h11,13H,4-10H2,1-3H3,(H,21,25)(H2,20,22,23). The largest absolute Gasteiger partial charge is 0.383 e. The second-order valence-electron chi connectivity index (χ2n) is 6.88. The van der Waals surface area contributed by atoms with Gasteiger partial charge in [-0.2, -0.15) is 0 Å². The number of aryl methyl sites for hydroxylation is 1. The average Bonchev–Trinajstić information content (AvgIpc) is 2.60. The summed E-state index contributed by atoms with van der Waals surface area (Å²) in [5.41, 5.74) is 6.77. The van der Waals surface area contributed by atoms with Gasteiger partial charge in [-0.15, -0.1) is 0 Å². The Bertz CT molecular complexity index is 636. The van der Waals surface area contributed by atoms with E-state index in [1.54, 1.807) is 20.8 Å². The van der Waals surface area contributed by atoms with Crippen molar-refractivity contribution in [3.63, 3.8) is 0 Å². The molecule has 0 aromatic carbocycles. The van der Waals surface area contributed by atoms with Gasteiger partial charge >= 0.3 is 0 Å². The molecule has 7 nitrogen and oxygen atoms in total. The van der Waals surface area contributed by atoms with Gasteiger partial charge in [-0.25, -0.2) is 9.97 Å². The Morgan fingerprint density at radius 3 is 2.58 bits per heavy atom. The number of anilines is 1. The minimum Gasteiger partial charge on any atom is -0.383 e. The Labute approximate surface area is 159 Å². The number of hydrogen-bond donors (Lipinski definition) is 2. The minimum absolute atomic E-state index is 0.00975. The molecular weight excluding hydrogens is 354 g/mol. The van der Waals surface area contributed by atoms with Crippen molar-refractivity contribution in [3.8, 4) is 0 Å². The highest BCUT2D eigenvalue weighted by atomic mass is 35.5. The Morgan fingerprint density at radius 2 is 2.00 bits per heavy atom. The highest BCUT2D eigenvalue weighted by Crippen LogP contribution is 2.26. The molecule has 2 rings (SSSR count). The summed E-state index contributed by atoms with van der Waals surface area (Å²) in [6.07, 6.45) is 3.94. The summed E-state index contributed by atoms with van der Waals surface area (Å²) >= 11 is 6.19. The summed E-state index contributed by atoms with van der Waals surface area (Å²) in [7, 11) is 0. The molecule has 0 spiro atoms. The minimum atomic E-state index is -0.470. The number of amides is 2. The Kier molecular flexibility index (Phi) is 7.20. The van der Waals surface area contributed by atoms with Gasteiger partial charge in [-0.3, -0.25) is 9.59 Å². The predicted molar refractivity (Wildman–Crippen MR) is 102 cm³/mol. The molecule has 1 aromatic heterocycles. The number of carbonyl (C=O) groups is 2. The maximum absolute atomic E-state index is 12.4. The predicted octanol–water partition coefficient (Wildman–Crippen LogP) is 2.11. The third-order valence-electron chi connectivity index (χ3n) is 4.90. The molecule has 2 heterocycles. The summed E-state index contributed by atoms with van der Waals surface area (Å²) in [6, 6.07) is -0.470. The lowest BCUT2D eigenvalue weighted by atomic mass is 9.90. The lowest BCUT2D eigenvalue weighted by Crippen LogP contribution is -2.49. The van der Waals surface area contributed by atoms with E-state index >= 15 is 0 Å². The Balaban J connectivity index is 1.82. The van der Waals surface area contributed by atoms with Crippen LogP contribution in [0.2, 0.25) is 5.15 Å². The lowest BCUT2D eigenvalue weighted by Gasteiger charge is -2.33. The van der Waals surface area contributed by atoms with Gasteiger partial charge in [0.05, 0.1) is 0 Å². The molecule has 8 heteroatoms. The van der Waals surface area contributed by atoms with E-state index in [0.717, 1.165) is 31.2 Å². The number of carbonyl (C=O) groups excluding carboxylic acids is 2. The van der Waals surface area contributed by atoms with Crippen LogP contribution in [0.4, 0.5) is 5.82 Å². The highest BCUT2D eigenvalue weighted by Gasteiger charge is 2.26. The van der Waals surface area contributed by atoms with Crippen molar-refractivity contribution in [2.75, 3.05) is 18.8 Å². The molecule has 2 amide bonds. The highest BCUT2D eigenvalue weighted by molar-refractivity contribution is 6.30. The van der Waals surface area contributed by atoms with Gasteiger partial charge in [-0.1, -0.05) is 18.5 Å².